The molecule has 10 heteroatoms. The number of unbranched alkanes of at least 4 members (excludes halogenated alkanes) is 2. The number of aromatic nitrogens is 3. The van der Waals surface area contributed by atoms with Crippen LogP contribution in [0.4, 0.5) is 11.5 Å². The molecule has 0 aliphatic carbocycles. The second-order valence-corrected chi connectivity index (χ2v) is 12.9. The summed E-state index contributed by atoms with van der Waals surface area (Å²) in [7, 11) is 4.28. The smallest absolute Gasteiger partial charge is 0.649 e. The van der Waals surface area contributed by atoms with Gasteiger partial charge in [-0.15, -0.1) is 0 Å². The van der Waals surface area contributed by atoms with E-state index < -0.39 is 0 Å². The van der Waals surface area contributed by atoms with E-state index in [1.165, 1.54) is 24.0 Å². The van der Waals surface area contributed by atoms with E-state index in [-0.39, 0.29) is 57.0 Å². The fraction of sp³-hybridized carbons (Fsp3) is 0.657. The van der Waals surface area contributed by atoms with Gasteiger partial charge in [0.1, 0.15) is 11.3 Å². The number of aryl methyl sites for hydroxylation is 2. The summed E-state index contributed by atoms with van der Waals surface area (Å²) in [5.41, 5.74) is 10.3. The average molecular weight is 649 g/mol. The predicted molar refractivity (Wildman–Crippen MR) is 187 cm³/mol. The molecule has 1 unspecified atom stereocenters. The van der Waals surface area contributed by atoms with Crippen LogP contribution in [0.2, 0.25) is 0 Å². The quantitative estimate of drug-likeness (QED) is 0.182. The van der Waals surface area contributed by atoms with Crippen LogP contribution < -0.4 is 62.0 Å². The summed E-state index contributed by atoms with van der Waals surface area (Å²) in [6, 6.07) is 6.67. The van der Waals surface area contributed by atoms with Crippen LogP contribution in [0.25, 0.3) is 21.9 Å². The maximum Gasteiger partial charge on any atom is 1.00 e. The van der Waals surface area contributed by atoms with Crippen LogP contribution in [0, 0.1) is 12.8 Å². The first-order valence-electron chi connectivity index (χ1n) is 16.5. The van der Waals surface area contributed by atoms with Crippen molar-refractivity contribution >= 4 is 39.9 Å². The van der Waals surface area contributed by atoms with Gasteiger partial charge in [-0.2, -0.15) is 5.92 Å². The number of carbonyl (C=O) groups excluding carboxylic acids is 1. The Morgan fingerprint density at radius 2 is 1.76 bits per heavy atom. The fourth-order valence-electron chi connectivity index (χ4n) is 5.36. The Hall–Kier alpha value is -1.27. The van der Waals surface area contributed by atoms with E-state index in [9.17, 15) is 4.79 Å². The molecule has 2 N–H and O–H groups in total. The summed E-state index contributed by atoms with van der Waals surface area (Å²) in [6.07, 6.45) is 5.56. The minimum Gasteiger partial charge on any atom is -0.649 e. The van der Waals surface area contributed by atoms with E-state index >= 15 is 0 Å². The topological polar surface area (TPSA) is 92.7 Å². The number of ether oxygens (including phenoxy) is 1. The Kier molecular flexibility index (Phi) is 19.3. The van der Waals surface area contributed by atoms with Gasteiger partial charge < -0.3 is 41.5 Å². The molecule has 0 spiro atoms. The summed E-state index contributed by atoms with van der Waals surface area (Å²) in [5, 5.41) is 1.17. The third-order valence-electron chi connectivity index (χ3n) is 7.41. The molecule has 248 valence electrons. The number of hydrogen-bond acceptors (Lipinski definition) is 8. The molecule has 3 heterocycles. The minimum absolute atomic E-state index is 0. The summed E-state index contributed by atoms with van der Waals surface area (Å²) < 4.78 is 6.87. The first-order valence-corrected chi connectivity index (χ1v) is 16.5. The average Bonchev–Trinajstić information content (AvgIpc) is 3.34. The molecule has 1 fully saturated rings. The third-order valence-corrected chi connectivity index (χ3v) is 7.41. The Labute approximate surface area is 316 Å². The van der Waals surface area contributed by atoms with Crippen molar-refractivity contribution in [2.75, 3.05) is 64.0 Å². The zero-order valence-corrected chi connectivity index (χ0v) is 33.2. The van der Waals surface area contributed by atoms with Gasteiger partial charge in [-0.05, 0) is 85.4 Å². The molecular formula is C35H59KN7O2-. The molecule has 0 amide bonds. The number of benzene rings is 1. The number of anilines is 2. The molecule has 45 heavy (non-hydrogen) atoms. The summed E-state index contributed by atoms with van der Waals surface area (Å²) in [4.78, 5) is 26.5. The van der Waals surface area contributed by atoms with E-state index in [4.69, 9.17) is 15.7 Å². The number of fused-ring (bicyclic) bond motifs is 3. The molecule has 1 aliphatic rings. The van der Waals surface area contributed by atoms with Crippen molar-refractivity contribution in [1.82, 2.24) is 24.3 Å². The molecular weight excluding hydrogens is 590 g/mol. The SMILES string of the molecule is CC.CC(C)(C)O[C-]=O.[CH2-]C(C)CN1CCN(c2ccc3nc(N)c4nc(CCCC)n(CCCCN(C)C)c4c3c2)CC1.[K+]. The number of rotatable bonds is 12. The summed E-state index contributed by atoms with van der Waals surface area (Å²) in [5.74, 6) is 2.15. The molecule has 3 aromatic rings. The second kappa shape index (κ2) is 20.9. The Bertz CT molecular complexity index is 1280. The summed E-state index contributed by atoms with van der Waals surface area (Å²) >= 11 is 0. The molecule has 0 radical (unpaired) electrons. The maximum atomic E-state index is 9.47. The second-order valence-electron chi connectivity index (χ2n) is 12.9. The molecule has 1 saturated heterocycles. The van der Waals surface area contributed by atoms with Crippen LogP contribution in [-0.4, -0.2) is 89.8 Å². The predicted octanol–water partition coefficient (Wildman–Crippen LogP) is 3.34. The first kappa shape index (κ1) is 41.7. The van der Waals surface area contributed by atoms with Crippen LogP contribution in [0.5, 0.6) is 0 Å². The van der Waals surface area contributed by atoms with Gasteiger partial charge in [0.15, 0.2) is 5.82 Å². The molecule has 4 rings (SSSR count). The van der Waals surface area contributed by atoms with Crippen LogP contribution in [0.1, 0.15) is 80.0 Å². The number of nitrogens with two attached hydrogens (primary N) is 1. The maximum absolute atomic E-state index is 9.47. The van der Waals surface area contributed by atoms with Gasteiger partial charge in [0.25, 0.3) is 0 Å². The normalized spacial score (nSPS) is 14.3. The number of imidazole rings is 1. The van der Waals surface area contributed by atoms with Gasteiger partial charge in [0.2, 0.25) is 0 Å². The fourth-order valence-corrected chi connectivity index (χ4v) is 5.36. The van der Waals surface area contributed by atoms with Crippen LogP contribution in [-0.2, 0) is 22.5 Å². The zero-order chi connectivity index (χ0) is 32.9. The zero-order valence-electron chi connectivity index (χ0n) is 30.1. The largest absolute Gasteiger partial charge is 1.00 e. The summed E-state index contributed by atoms with van der Waals surface area (Å²) in [6.45, 7) is 26.7. The minimum atomic E-state index is -0.373. The van der Waals surface area contributed by atoms with Crippen molar-refractivity contribution in [3.05, 3.63) is 30.9 Å². The van der Waals surface area contributed by atoms with Crippen LogP contribution in [0.3, 0.4) is 0 Å². The first-order chi connectivity index (χ1) is 20.9. The van der Waals surface area contributed by atoms with Crippen molar-refractivity contribution in [2.45, 2.75) is 92.7 Å². The molecule has 1 aromatic carbocycles. The van der Waals surface area contributed by atoms with Crippen molar-refractivity contribution in [3.63, 3.8) is 0 Å². The van der Waals surface area contributed by atoms with E-state index in [0.717, 1.165) is 93.9 Å². The van der Waals surface area contributed by atoms with Crippen molar-refractivity contribution in [2.24, 2.45) is 5.92 Å². The van der Waals surface area contributed by atoms with Crippen LogP contribution >= 0.6 is 0 Å². The van der Waals surface area contributed by atoms with Crippen molar-refractivity contribution in [3.8, 4) is 0 Å². The third kappa shape index (κ3) is 13.4. The van der Waals surface area contributed by atoms with E-state index in [1.54, 1.807) is 20.8 Å². The Morgan fingerprint density at radius 1 is 1.09 bits per heavy atom. The molecule has 2 aromatic heterocycles. The van der Waals surface area contributed by atoms with Crippen LogP contribution in [0.15, 0.2) is 18.2 Å². The molecule has 0 bridgehead atoms. The van der Waals surface area contributed by atoms with Gasteiger partial charge >= 0.3 is 51.4 Å². The van der Waals surface area contributed by atoms with Gasteiger partial charge in [0, 0.05) is 50.2 Å². The number of hydrogen-bond donors (Lipinski definition) is 1. The van der Waals surface area contributed by atoms with Gasteiger partial charge in [-0.3, -0.25) is 0 Å². The van der Waals surface area contributed by atoms with E-state index in [2.05, 4.69) is 77.1 Å². The number of nitrogens with zero attached hydrogens (tertiary/aromatic N) is 6. The monoisotopic (exact) mass is 648 g/mol. The standard InChI is InChI=1S/C28H44N7.C5H9O2.C2H6.K/c1-6-7-10-25-31-26-27(35(25)14-9-8-13-32(4)5)23-19-22(11-12-24(23)30-28(26)29)34-17-15-33(16-18-34)20-21(2)3;1-5(2,3)7-4-6;1-2;/h11-12,19,21H,2,6-10,13-18,20H2,1,3-5H3,(H2,29,30);1-3H3;1-2H3;/q2*-1;;+1. The van der Waals surface area contributed by atoms with E-state index in [0.29, 0.717) is 11.7 Å². The molecule has 1 aliphatic heterocycles. The molecule has 1 atom stereocenters. The van der Waals surface area contributed by atoms with Gasteiger partial charge in [-0.1, -0.05) is 40.6 Å². The Balaban J connectivity index is 0.000000896. The molecule has 9 nitrogen and oxygen atoms in total. The Morgan fingerprint density at radius 3 is 2.29 bits per heavy atom. The number of nitrogen functional groups attached to an aromatic ring is 1. The molecule has 0 saturated carbocycles. The van der Waals surface area contributed by atoms with Crippen molar-refractivity contribution < 1.29 is 60.9 Å². The van der Waals surface area contributed by atoms with Gasteiger partial charge in [-0.25, -0.2) is 9.97 Å². The van der Waals surface area contributed by atoms with E-state index in [1.807, 2.05) is 13.8 Å². The van der Waals surface area contributed by atoms with Gasteiger partial charge in [0.05, 0.1) is 16.6 Å². The number of piperazine rings is 1. The van der Waals surface area contributed by atoms with Crippen molar-refractivity contribution in [1.29, 1.82) is 0 Å². The number of pyridine rings is 1.